The number of nitrogens with two attached hydrogens (primary N) is 1. The molecule has 0 aromatic heterocycles. The van der Waals surface area contributed by atoms with Crippen LogP contribution in [0.5, 0.6) is 0 Å². The number of anilines is 1. The van der Waals surface area contributed by atoms with Crippen molar-refractivity contribution in [3.05, 3.63) is 52.6 Å². The van der Waals surface area contributed by atoms with Crippen molar-refractivity contribution in [2.75, 3.05) is 11.4 Å². The van der Waals surface area contributed by atoms with Crippen molar-refractivity contribution < 1.29 is 14.3 Å². The number of benzene rings is 1. The monoisotopic (exact) mass is 363 g/mol. The van der Waals surface area contributed by atoms with Gasteiger partial charge < -0.3 is 15.4 Å². The average molecular weight is 363 g/mol. The number of hydrogen-bond donors (Lipinski definition) is 1. The minimum absolute atomic E-state index is 0.0141. The first kappa shape index (κ1) is 17.3. The van der Waals surface area contributed by atoms with Crippen molar-refractivity contribution in [1.82, 2.24) is 0 Å². The molecular weight excluding hydrogens is 342 g/mol. The van der Waals surface area contributed by atoms with E-state index in [-0.39, 0.29) is 29.1 Å². The van der Waals surface area contributed by atoms with Crippen LogP contribution in [-0.4, -0.2) is 18.2 Å². The van der Waals surface area contributed by atoms with Crippen LogP contribution < -0.4 is 10.6 Å². The van der Waals surface area contributed by atoms with Gasteiger partial charge in [0.25, 0.3) is 0 Å². The van der Waals surface area contributed by atoms with Gasteiger partial charge in [-0.3, -0.25) is 9.59 Å². The number of para-hydroxylation sites is 1. The molecule has 3 aliphatic rings. The summed E-state index contributed by atoms with van der Waals surface area (Å²) >= 11 is 0. The maximum absolute atomic E-state index is 13.8. The lowest BCUT2D eigenvalue weighted by atomic mass is 9.64. The molecule has 138 valence electrons. The molecule has 6 heteroatoms. The zero-order chi connectivity index (χ0) is 19.3. The first-order valence-electron chi connectivity index (χ1n) is 9.23. The molecule has 2 N–H and O–H groups in total. The summed E-state index contributed by atoms with van der Waals surface area (Å²) in [5.41, 5.74) is 6.28. The normalized spacial score (nSPS) is 26.9. The predicted octanol–water partition coefficient (Wildman–Crippen LogP) is 2.66. The number of nitrogens with zero attached hydrogens (tertiary/aromatic N) is 2. The molecule has 1 aliphatic carbocycles. The van der Waals surface area contributed by atoms with Gasteiger partial charge in [0.2, 0.25) is 11.8 Å². The lowest BCUT2D eigenvalue weighted by Gasteiger charge is -2.38. The van der Waals surface area contributed by atoms with Gasteiger partial charge in [-0.15, -0.1) is 0 Å². The number of carbonyl (C=O) groups is 2. The molecule has 2 heterocycles. The van der Waals surface area contributed by atoms with E-state index in [4.69, 9.17) is 10.5 Å². The number of hydrogen-bond acceptors (Lipinski definition) is 5. The lowest BCUT2D eigenvalue weighted by Crippen LogP contribution is -2.49. The van der Waals surface area contributed by atoms with E-state index >= 15 is 0 Å². The Morgan fingerprint density at radius 1 is 1.33 bits per heavy atom. The minimum atomic E-state index is -1.49. The van der Waals surface area contributed by atoms with Crippen LogP contribution in [0.25, 0.3) is 0 Å². The molecule has 0 saturated carbocycles. The number of ether oxygens (including phenoxy) is 1. The summed E-state index contributed by atoms with van der Waals surface area (Å²) in [6, 6.07) is 9.42. The molecule has 2 atom stereocenters. The van der Waals surface area contributed by atoms with Crippen LogP contribution in [0.15, 0.2) is 47.1 Å². The molecular formula is C21H21N3O3. The third-order valence-corrected chi connectivity index (χ3v) is 5.58. The van der Waals surface area contributed by atoms with Crippen molar-refractivity contribution in [3.63, 3.8) is 0 Å². The number of nitriles is 1. The topological polar surface area (TPSA) is 96.4 Å². The first-order chi connectivity index (χ1) is 13.0. The fourth-order valence-electron chi connectivity index (χ4n) is 4.59. The van der Waals surface area contributed by atoms with Crippen molar-refractivity contribution in [2.24, 2.45) is 11.7 Å². The Labute approximate surface area is 157 Å². The Hall–Kier alpha value is -3.07. The number of Topliss-reactive ketones (excluding diaryl/α,β-unsaturated/α-hetero) is 1. The minimum Gasteiger partial charge on any atom is -0.444 e. The molecule has 1 aromatic rings. The number of allylic oxidation sites excluding steroid dienone is 1. The van der Waals surface area contributed by atoms with Crippen LogP contribution in [0.4, 0.5) is 5.69 Å². The Kier molecular flexibility index (Phi) is 3.84. The van der Waals surface area contributed by atoms with Gasteiger partial charge in [-0.25, -0.2) is 0 Å². The van der Waals surface area contributed by atoms with Crippen molar-refractivity contribution in [3.8, 4) is 6.07 Å². The summed E-state index contributed by atoms with van der Waals surface area (Å²) in [4.78, 5) is 28.5. The molecule has 2 aliphatic heterocycles. The number of rotatable bonds is 2. The largest absolute Gasteiger partial charge is 0.444 e. The second kappa shape index (κ2) is 5.98. The van der Waals surface area contributed by atoms with Gasteiger partial charge in [0, 0.05) is 30.6 Å². The van der Waals surface area contributed by atoms with Crippen LogP contribution in [0.1, 0.15) is 38.7 Å². The first-order valence-corrected chi connectivity index (χ1v) is 9.23. The number of fused-ring (bicyclic) bond motifs is 3. The van der Waals surface area contributed by atoms with Crippen LogP contribution in [-0.2, 0) is 19.7 Å². The Morgan fingerprint density at radius 2 is 2.07 bits per heavy atom. The maximum atomic E-state index is 13.8. The summed E-state index contributed by atoms with van der Waals surface area (Å²) in [6.07, 6.45) is 1.60. The van der Waals surface area contributed by atoms with E-state index in [2.05, 4.69) is 6.07 Å². The molecule has 0 fully saturated rings. The molecule has 0 radical (unpaired) electrons. The summed E-state index contributed by atoms with van der Waals surface area (Å²) in [5.74, 6) is 0.00823. The highest BCUT2D eigenvalue weighted by atomic mass is 16.5. The van der Waals surface area contributed by atoms with E-state index in [1.165, 1.54) is 0 Å². The van der Waals surface area contributed by atoms with E-state index in [0.717, 1.165) is 12.1 Å². The molecule has 0 saturated heterocycles. The van der Waals surface area contributed by atoms with Crippen LogP contribution in [0.3, 0.4) is 0 Å². The maximum Gasteiger partial charge on any atom is 0.247 e. The highest BCUT2D eigenvalue weighted by Crippen LogP contribution is 2.55. The summed E-state index contributed by atoms with van der Waals surface area (Å²) in [5, 5.41) is 9.90. The van der Waals surface area contributed by atoms with Gasteiger partial charge >= 0.3 is 0 Å². The standard InChI is InChI=1S/C21H21N3O3/c1-3-8-24-15-7-5-4-6-13(15)21(20(24)26)14(11-22)19(23)27-17-10-12(2)9-16(25)18(17)21/h4-7,12H,3,8-10,23H2,1-2H3. The van der Waals surface area contributed by atoms with E-state index in [1.807, 2.05) is 38.1 Å². The Morgan fingerprint density at radius 3 is 2.78 bits per heavy atom. The smallest absolute Gasteiger partial charge is 0.247 e. The fraction of sp³-hybridized carbons (Fsp3) is 0.381. The van der Waals surface area contributed by atoms with E-state index < -0.39 is 5.41 Å². The molecule has 1 amide bonds. The third kappa shape index (κ3) is 2.11. The highest BCUT2D eigenvalue weighted by Gasteiger charge is 2.62. The van der Waals surface area contributed by atoms with Gasteiger partial charge in [0.15, 0.2) is 5.78 Å². The molecule has 0 bridgehead atoms. The van der Waals surface area contributed by atoms with Crippen molar-refractivity contribution in [1.29, 1.82) is 5.26 Å². The van der Waals surface area contributed by atoms with Gasteiger partial charge in [0.1, 0.15) is 22.8 Å². The zero-order valence-corrected chi connectivity index (χ0v) is 15.4. The fourth-order valence-corrected chi connectivity index (χ4v) is 4.59. The average Bonchev–Trinajstić information content (AvgIpc) is 2.85. The summed E-state index contributed by atoms with van der Waals surface area (Å²) < 4.78 is 5.70. The predicted molar refractivity (Wildman–Crippen MR) is 99.1 cm³/mol. The van der Waals surface area contributed by atoms with E-state index in [0.29, 0.717) is 36.3 Å². The van der Waals surface area contributed by atoms with Gasteiger partial charge in [0.05, 0.1) is 5.57 Å². The molecule has 27 heavy (non-hydrogen) atoms. The second-order valence-corrected chi connectivity index (χ2v) is 7.41. The summed E-state index contributed by atoms with van der Waals surface area (Å²) in [7, 11) is 0. The third-order valence-electron chi connectivity index (χ3n) is 5.58. The molecule has 4 rings (SSSR count). The van der Waals surface area contributed by atoms with Crippen molar-refractivity contribution >= 4 is 17.4 Å². The highest BCUT2D eigenvalue weighted by molar-refractivity contribution is 6.20. The quantitative estimate of drug-likeness (QED) is 0.871. The van der Waals surface area contributed by atoms with Crippen LogP contribution in [0.2, 0.25) is 0 Å². The van der Waals surface area contributed by atoms with Crippen molar-refractivity contribution in [2.45, 2.75) is 38.5 Å². The van der Waals surface area contributed by atoms with Gasteiger partial charge in [-0.2, -0.15) is 5.26 Å². The zero-order valence-electron chi connectivity index (χ0n) is 15.4. The van der Waals surface area contributed by atoms with Crippen LogP contribution in [0, 0.1) is 17.2 Å². The van der Waals surface area contributed by atoms with E-state index in [9.17, 15) is 14.9 Å². The molecule has 1 aromatic carbocycles. The number of amides is 1. The Bertz CT molecular complexity index is 969. The second-order valence-electron chi connectivity index (χ2n) is 7.41. The van der Waals surface area contributed by atoms with E-state index in [1.54, 1.807) is 4.90 Å². The lowest BCUT2D eigenvalue weighted by molar-refractivity contribution is -0.125. The molecule has 6 nitrogen and oxygen atoms in total. The number of ketones is 1. The SMILES string of the molecule is CCCN1C(=O)C2(C(C#N)=C(N)OC3=C2C(=O)CC(C)C3)c2ccccc21. The Balaban J connectivity index is 2.09. The summed E-state index contributed by atoms with van der Waals surface area (Å²) in [6.45, 7) is 4.45. The number of carbonyl (C=O) groups excluding carboxylic acids is 2. The van der Waals surface area contributed by atoms with Gasteiger partial charge in [-0.1, -0.05) is 32.0 Å². The molecule has 1 spiro atoms. The molecule has 2 unspecified atom stereocenters. The van der Waals surface area contributed by atoms with Crippen LogP contribution >= 0.6 is 0 Å². The van der Waals surface area contributed by atoms with Gasteiger partial charge in [-0.05, 0) is 18.4 Å².